The summed E-state index contributed by atoms with van der Waals surface area (Å²) in [6, 6.07) is 4.13. The van der Waals surface area contributed by atoms with Crippen molar-refractivity contribution in [3.63, 3.8) is 0 Å². The molecule has 1 fully saturated rings. The number of rotatable bonds is 7. The molecule has 0 unspecified atom stereocenters. The molecule has 118 valence electrons. The number of benzene rings is 1. The summed E-state index contributed by atoms with van der Waals surface area (Å²) in [5.41, 5.74) is 2.23. The molecule has 0 aliphatic heterocycles. The van der Waals surface area contributed by atoms with Gasteiger partial charge >= 0.3 is 0 Å². The Morgan fingerprint density at radius 2 is 1.86 bits per heavy atom. The fourth-order valence-corrected chi connectivity index (χ4v) is 3.01. The normalized spacial score (nSPS) is 16.9. The minimum absolute atomic E-state index is 0.0384. The van der Waals surface area contributed by atoms with Gasteiger partial charge in [0.1, 0.15) is 11.4 Å². The highest BCUT2D eigenvalue weighted by Gasteiger charge is 2.38. The van der Waals surface area contributed by atoms with Crippen LogP contribution in [-0.2, 0) is 0 Å². The summed E-state index contributed by atoms with van der Waals surface area (Å²) in [4.78, 5) is 0. The number of hydrogen-bond donors (Lipinski definition) is 1. The highest BCUT2D eigenvalue weighted by atomic mass is 35.5. The average molecular weight is 310 g/mol. The van der Waals surface area contributed by atoms with Gasteiger partial charge in [0.05, 0.1) is 0 Å². The number of aryl methyl sites for hydroxylation is 2. The zero-order valence-corrected chi connectivity index (χ0v) is 14.5. The third kappa shape index (κ3) is 4.37. The first-order valence-corrected chi connectivity index (χ1v) is 8.46. The molecule has 1 N–H and O–H groups in total. The van der Waals surface area contributed by atoms with Crippen LogP contribution in [0.2, 0.25) is 5.02 Å². The van der Waals surface area contributed by atoms with E-state index < -0.39 is 0 Å². The molecular formula is C18H28ClNO. The predicted molar refractivity (Wildman–Crippen MR) is 90.5 cm³/mol. The third-order valence-corrected chi connectivity index (χ3v) is 4.92. The molecule has 0 aromatic heterocycles. The maximum Gasteiger partial charge on any atom is 0.120 e. The van der Waals surface area contributed by atoms with E-state index >= 15 is 0 Å². The van der Waals surface area contributed by atoms with Crippen LogP contribution in [0.5, 0.6) is 5.75 Å². The zero-order chi connectivity index (χ0) is 15.5. The second-order valence-electron chi connectivity index (χ2n) is 6.86. The predicted octanol–water partition coefficient (Wildman–Crippen LogP) is 4.89. The van der Waals surface area contributed by atoms with Crippen LogP contribution < -0.4 is 10.1 Å². The van der Waals surface area contributed by atoms with Gasteiger partial charge in [0.15, 0.2) is 0 Å². The first kappa shape index (κ1) is 16.6. The number of halogens is 1. The van der Waals surface area contributed by atoms with E-state index in [2.05, 4.69) is 31.3 Å². The van der Waals surface area contributed by atoms with Gasteiger partial charge in [0, 0.05) is 5.02 Å². The minimum atomic E-state index is 0.0384. The number of ether oxygens (including phenoxy) is 1. The van der Waals surface area contributed by atoms with Crippen LogP contribution in [0.1, 0.15) is 50.7 Å². The van der Waals surface area contributed by atoms with Gasteiger partial charge in [-0.25, -0.2) is 0 Å². The van der Waals surface area contributed by atoms with Crippen molar-refractivity contribution in [1.82, 2.24) is 5.32 Å². The summed E-state index contributed by atoms with van der Waals surface area (Å²) in [5, 5.41) is 4.38. The Balaban J connectivity index is 1.95. The van der Waals surface area contributed by atoms with Crippen LogP contribution in [0.4, 0.5) is 0 Å². The Morgan fingerprint density at radius 1 is 1.24 bits per heavy atom. The van der Waals surface area contributed by atoms with Crippen molar-refractivity contribution in [3.05, 3.63) is 28.3 Å². The van der Waals surface area contributed by atoms with Crippen LogP contribution in [0.15, 0.2) is 12.1 Å². The lowest BCUT2D eigenvalue weighted by Gasteiger charge is -2.42. The van der Waals surface area contributed by atoms with Crippen LogP contribution >= 0.6 is 11.6 Å². The van der Waals surface area contributed by atoms with Crippen molar-refractivity contribution in [3.8, 4) is 5.75 Å². The van der Waals surface area contributed by atoms with E-state index in [9.17, 15) is 0 Å². The number of hydrogen-bond acceptors (Lipinski definition) is 2. The highest BCUT2D eigenvalue weighted by molar-refractivity contribution is 6.32. The molecule has 0 amide bonds. The Labute approximate surface area is 134 Å². The molecule has 0 radical (unpaired) electrons. The van der Waals surface area contributed by atoms with E-state index in [4.69, 9.17) is 16.3 Å². The first-order valence-electron chi connectivity index (χ1n) is 8.08. The second-order valence-corrected chi connectivity index (χ2v) is 7.24. The van der Waals surface area contributed by atoms with Gasteiger partial charge < -0.3 is 10.1 Å². The van der Waals surface area contributed by atoms with Crippen molar-refractivity contribution >= 4 is 11.6 Å². The van der Waals surface area contributed by atoms with E-state index in [1.165, 1.54) is 6.42 Å². The number of nitrogens with one attached hydrogen (secondary N) is 1. The second kappa shape index (κ2) is 7.02. The third-order valence-electron chi connectivity index (χ3n) is 4.32. The summed E-state index contributed by atoms with van der Waals surface area (Å²) in [6.07, 6.45) is 4.68. The minimum Gasteiger partial charge on any atom is -0.487 e. The zero-order valence-electron chi connectivity index (χ0n) is 13.8. The summed E-state index contributed by atoms with van der Waals surface area (Å²) < 4.78 is 6.36. The maximum absolute atomic E-state index is 6.36. The highest BCUT2D eigenvalue weighted by Crippen LogP contribution is 2.40. The van der Waals surface area contributed by atoms with Gasteiger partial charge in [-0.3, -0.25) is 0 Å². The van der Waals surface area contributed by atoms with Crippen molar-refractivity contribution in [2.45, 2.75) is 59.0 Å². The summed E-state index contributed by atoms with van der Waals surface area (Å²) in [6.45, 7) is 10.7. The molecule has 2 nitrogen and oxygen atoms in total. The summed E-state index contributed by atoms with van der Waals surface area (Å²) in [5.74, 6) is 1.67. The molecule has 3 heteroatoms. The lowest BCUT2D eigenvalue weighted by Crippen LogP contribution is -2.45. The Bertz CT molecular complexity index is 457. The maximum atomic E-state index is 6.36. The van der Waals surface area contributed by atoms with Crippen LogP contribution in [-0.4, -0.2) is 18.7 Å². The molecule has 1 aromatic rings. The van der Waals surface area contributed by atoms with Crippen LogP contribution in [0.25, 0.3) is 0 Å². The van der Waals surface area contributed by atoms with E-state index in [0.717, 1.165) is 54.3 Å². The van der Waals surface area contributed by atoms with Crippen LogP contribution in [0, 0.1) is 19.8 Å². The molecule has 0 atom stereocenters. The quantitative estimate of drug-likeness (QED) is 0.724. The molecular weight excluding hydrogens is 282 g/mol. The topological polar surface area (TPSA) is 21.3 Å². The molecule has 21 heavy (non-hydrogen) atoms. The largest absolute Gasteiger partial charge is 0.487 e. The molecule has 1 aliphatic carbocycles. The average Bonchev–Trinajstić information content (AvgIpc) is 2.37. The van der Waals surface area contributed by atoms with Gasteiger partial charge in [-0.05, 0) is 81.8 Å². The van der Waals surface area contributed by atoms with Crippen LogP contribution in [0.3, 0.4) is 0 Å². The molecule has 0 heterocycles. The van der Waals surface area contributed by atoms with Gasteiger partial charge in [0.25, 0.3) is 0 Å². The smallest absolute Gasteiger partial charge is 0.120 e. The molecule has 2 rings (SSSR count). The van der Waals surface area contributed by atoms with Crippen molar-refractivity contribution < 1.29 is 4.74 Å². The Morgan fingerprint density at radius 3 is 2.33 bits per heavy atom. The molecule has 0 spiro atoms. The first-order chi connectivity index (χ1) is 9.92. The monoisotopic (exact) mass is 309 g/mol. The van der Waals surface area contributed by atoms with E-state index in [0.29, 0.717) is 5.92 Å². The standard InChI is InChI=1S/C18H28ClNO/c1-13(2)12-20-9-8-18(6-5-7-18)21-16-10-14(3)17(19)15(4)11-16/h10-11,13,20H,5-9,12H2,1-4H3. The SMILES string of the molecule is Cc1cc(OC2(CCNCC(C)C)CCC2)cc(C)c1Cl. The summed E-state index contributed by atoms with van der Waals surface area (Å²) >= 11 is 6.24. The van der Waals surface area contributed by atoms with Crippen molar-refractivity contribution in [1.29, 1.82) is 0 Å². The van der Waals surface area contributed by atoms with E-state index in [1.54, 1.807) is 0 Å². The lowest BCUT2D eigenvalue weighted by molar-refractivity contribution is -0.0143. The molecule has 1 saturated carbocycles. The van der Waals surface area contributed by atoms with Crippen molar-refractivity contribution in [2.24, 2.45) is 5.92 Å². The molecule has 0 saturated heterocycles. The molecule has 0 bridgehead atoms. The molecule has 1 aliphatic rings. The molecule has 1 aromatic carbocycles. The van der Waals surface area contributed by atoms with E-state index in [1.807, 2.05) is 13.8 Å². The summed E-state index contributed by atoms with van der Waals surface area (Å²) in [7, 11) is 0. The van der Waals surface area contributed by atoms with Gasteiger partial charge in [-0.15, -0.1) is 0 Å². The van der Waals surface area contributed by atoms with Crippen molar-refractivity contribution in [2.75, 3.05) is 13.1 Å². The Kier molecular flexibility index (Phi) is 5.56. The van der Waals surface area contributed by atoms with Gasteiger partial charge in [0.2, 0.25) is 0 Å². The van der Waals surface area contributed by atoms with Gasteiger partial charge in [-0.2, -0.15) is 0 Å². The fraction of sp³-hybridized carbons (Fsp3) is 0.667. The van der Waals surface area contributed by atoms with Gasteiger partial charge in [-0.1, -0.05) is 25.4 Å². The fourth-order valence-electron chi connectivity index (χ4n) is 2.90. The Hall–Kier alpha value is -0.730. The van der Waals surface area contributed by atoms with E-state index in [-0.39, 0.29) is 5.60 Å². The lowest BCUT2D eigenvalue weighted by atomic mass is 9.77.